The Bertz CT molecular complexity index is 640. The van der Waals surface area contributed by atoms with Crippen molar-refractivity contribution in [2.75, 3.05) is 13.1 Å². The average Bonchev–Trinajstić information content (AvgIpc) is 3.14. The number of amides is 2. The van der Waals surface area contributed by atoms with Crippen LogP contribution in [0.5, 0.6) is 0 Å². The molecule has 3 rings (SSSR count). The molecule has 6 nitrogen and oxygen atoms in total. The summed E-state index contributed by atoms with van der Waals surface area (Å²) in [5.41, 5.74) is 1.42. The van der Waals surface area contributed by atoms with Crippen molar-refractivity contribution in [3.63, 3.8) is 0 Å². The molecule has 0 bridgehead atoms. The van der Waals surface area contributed by atoms with Crippen molar-refractivity contribution < 1.29 is 14.1 Å². The Hall–Kier alpha value is -2.11. The van der Waals surface area contributed by atoms with Gasteiger partial charge in [-0.25, -0.2) is 0 Å². The van der Waals surface area contributed by atoms with Crippen LogP contribution in [-0.4, -0.2) is 41.0 Å². The molecule has 24 heavy (non-hydrogen) atoms. The number of hydrogen-bond donors (Lipinski definition) is 1. The van der Waals surface area contributed by atoms with Gasteiger partial charge in [0.1, 0.15) is 11.3 Å². The van der Waals surface area contributed by atoms with Gasteiger partial charge in [0.05, 0.1) is 5.69 Å². The Labute approximate surface area is 142 Å². The highest BCUT2D eigenvalue weighted by atomic mass is 16.5. The Morgan fingerprint density at radius 3 is 2.67 bits per heavy atom. The lowest BCUT2D eigenvalue weighted by molar-refractivity contribution is -0.132. The Balaban J connectivity index is 1.62. The third-order valence-electron chi connectivity index (χ3n) is 5.32. The van der Waals surface area contributed by atoms with Crippen molar-refractivity contribution in [2.24, 2.45) is 5.92 Å². The fourth-order valence-electron chi connectivity index (χ4n) is 3.68. The molecule has 1 aliphatic carbocycles. The van der Waals surface area contributed by atoms with E-state index >= 15 is 0 Å². The molecule has 130 valence electrons. The smallest absolute Gasteiger partial charge is 0.257 e. The molecular formula is C18H25N3O3. The first-order chi connectivity index (χ1) is 11.5. The highest BCUT2D eigenvalue weighted by Crippen LogP contribution is 2.36. The topological polar surface area (TPSA) is 75.4 Å². The maximum atomic E-state index is 12.7. The van der Waals surface area contributed by atoms with E-state index in [-0.39, 0.29) is 23.8 Å². The van der Waals surface area contributed by atoms with E-state index in [4.69, 9.17) is 4.52 Å². The summed E-state index contributed by atoms with van der Waals surface area (Å²) in [7, 11) is 0. The lowest BCUT2D eigenvalue weighted by Gasteiger charge is -2.42. The predicted molar refractivity (Wildman–Crippen MR) is 89.6 cm³/mol. The van der Waals surface area contributed by atoms with Crippen LogP contribution in [-0.2, 0) is 4.79 Å². The zero-order valence-corrected chi connectivity index (χ0v) is 14.4. The van der Waals surface area contributed by atoms with Crippen LogP contribution in [0.15, 0.2) is 17.2 Å². The molecule has 0 radical (unpaired) electrons. The second kappa shape index (κ2) is 6.79. The number of aromatic nitrogens is 1. The number of rotatable bonds is 5. The Morgan fingerprint density at radius 2 is 2.04 bits per heavy atom. The second-order valence-electron chi connectivity index (χ2n) is 6.95. The number of carbonyl (C=O) groups excluding carboxylic acids is 2. The Morgan fingerprint density at radius 1 is 1.38 bits per heavy atom. The van der Waals surface area contributed by atoms with Crippen LogP contribution in [0.3, 0.4) is 0 Å². The summed E-state index contributed by atoms with van der Waals surface area (Å²) < 4.78 is 5.30. The van der Waals surface area contributed by atoms with Crippen LogP contribution in [0.1, 0.15) is 60.3 Å². The molecule has 0 aromatic carbocycles. The molecule has 0 spiro atoms. The lowest BCUT2D eigenvalue weighted by Crippen LogP contribution is -2.57. The fraction of sp³-hybridized carbons (Fsp3) is 0.611. The van der Waals surface area contributed by atoms with Crippen molar-refractivity contribution in [1.29, 1.82) is 0 Å². The molecule has 1 saturated carbocycles. The molecule has 1 aliphatic heterocycles. The van der Waals surface area contributed by atoms with Crippen LogP contribution < -0.4 is 5.32 Å². The second-order valence-corrected chi connectivity index (χ2v) is 6.95. The molecule has 6 heteroatoms. The molecule has 2 heterocycles. The van der Waals surface area contributed by atoms with Crippen molar-refractivity contribution in [3.05, 3.63) is 29.7 Å². The molecule has 1 N–H and O–H groups in total. The van der Waals surface area contributed by atoms with Crippen LogP contribution in [0, 0.1) is 12.8 Å². The summed E-state index contributed by atoms with van der Waals surface area (Å²) in [5.74, 6) is 1.02. The maximum Gasteiger partial charge on any atom is 0.257 e. The minimum absolute atomic E-state index is 0.00269. The number of nitrogens with zero attached hydrogens (tertiary/aromatic N) is 2. The van der Waals surface area contributed by atoms with Gasteiger partial charge in [-0.3, -0.25) is 9.59 Å². The van der Waals surface area contributed by atoms with Gasteiger partial charge in [0.25, 0.3) is 5.91 Å². The van der Waals surface area contributed by atoms with Gasteiger partial charge >= 0.3 is 0 Å². The molecular weight excluding hydrogens is 306 g/mol. The third kappa shape index (κ3) is 3.09. The molecule has 1 saturated heterocycles. The fourth-order valence-corrected chi connectivity index (χ4v) is 3.68. The molecule has 1 aromatic rings. The summed E-state index contributed by atoms with van der Waals surface area (Å²) in [6, 6.07) is -0.00269. The number of hydrogen-bond acceptors (Lipinski definition) is 4. The molecule has 2 fully saturated rings. The molecule has 1 aromatic heterocycles. The number of aryl methyl sites for hydroxylation is 1. The number of carbonyl (C=O) groups is 2. The first-order valence-electron chi connectivity index (χ1n) is 8.69. The molecule has 1 unspecified atom stereocenters. The highest BCUT2D eigenvalue weighted by Gasteiger charge is 2.35. The summed E-state index contributed by atoms with van der Waals surface area (Å²) >= 11 is 0. The van der Waals surface area contributed by atoms with Gasteiger partial charge in [-0.15, -0.1) is 0 Å². The zero-order chi connectivity index (χ0) is 17.3. The van der Waals surface area contributed by atoms with Crippen molar-refractivity contribution >= 4 is 11.8 Å². The largest absolute Gasteiger partial charge is 0.361 e. The van der Waals surface area contributed by atoms with Gasteiger partial charge in [0.15, 0.2) is 0 Å². The van der Waals surface area contributed by atoms with Crippen LogP contribution >= 0.6 is 0 Å². The van der Waals surface area contributed by atoms with Crippen molar-refractivity contribution in [1.82, 2.24) is 15.4 Å². The first-order valence-corrected chi connectivity index (χ1v) is 8.69. The minimum atomic E-state index is -0.114. The third-order valence-corrected chi connectivity index (χ3v) is 5.32. The minimum Gasteiger partial charge on any atom is -0.361 e. The van der Waals surface area contributed by atoms with E-state index < -0.39 is 0 Å². The van der Waals surface area contributed by atoms with Crippen LogP contribution in [0.4, 0.5) is 0 Å². The van der Waals surface area contributed by atoms with Gasteiger partial charge < -0.3 is 14.7 Å². The first kappa shape index (κ1) is 16.7. The predicted octanol–water partition coefficient (Wildman–Crippen LogP) is 2.40. The SMILES string of the molecule is C=CC(=O)N1CC(C(C)NC(=O)c2c(C3CCCC3)noc2C)C1. The summed E-state index contributed by atoms with van der Waals surface area (Å²) in [6.07, 6.45) is 5.84. The van der Waals surface area contributed by atoms with E-state index in [0.717, 1.165) is 18.5 Å². The van der Waals surface area contributed by atoms with E-state index in [0.29, 0.717) is 30.3 Å². The quantitative estimate of drug-likeness (QED) is 0.841. The molecule has 2 aliphatic rings. The Kier molecular flexibility index (Phi) is 4.73. The zero-order valence-electron chi connectivity index (χ0n) is 14.4. The van der Waals surface area contributed by atoms with Crippen LogP contribution in [0.2, 0.25) is 0 Å². The number of likely N-dealkylation sites (tertiary alicyclic amines) is 1. The molecule has 1 atom stereocenters. The summed E-state index contributed by atoms with van der Waals surface area (Å²) in [4.78, 5) is 26.0. The van der Waals surface area contributed by atoms with Gasteiger partial charge in [-0.1, -0.05) is 24.6 Å². The van der Waals surface area contributed by atoms with E-state index in [9.17, 15) is 9.59 Å². The van der Waals surface area contributed by atoms with Gasteiger partial charge in [-0.2, -0.15) is 0 Å². The maximum absolute atomic E-state index is 12.7. The van der Waals surface area contributed by atoms with Crippen LogP contribution in [0.25, 0.3) is 0 Å². The standard InChI is InChI=1S/C18H25N3O3/c1-4-15(22)21-9-14(10-21)11(2)19-18(23)16-12(3)24-20-17(16)13-7-5-6-8-13/h4,11,13-14H,1,5-10H2,2-3H3,(H,19,23). The monoisotopic (exact) mass is 331 g/mol. The summed E-state index contributed by atoms with van der Waals surface area (Å²) in [5, 5.41) is 7.22. The van der Waals surface area contributed by atoms with Gasteiger partial charge in [-0.05, 0) is 32.8 Å². The normalized spacial score (nSPS) is 19.8. The van der Waals surface area contributed by atoms with Crippen molar-refractivity contribution in [3.8, 4) is 0 Å². The number of nitrogens with one attached hydrogen (secondary N) is 1. The van der Waals surface area contributed by atoms with E-state index in [1.165, 1.54) is 18.9 Å². The van der Waals surface area contributed by atoms with Gasteiger partial charge in [0, 0.05) is 31.0 Å². The van der Waals surface area contributed by atoms with Gasteiger partial charge in [0.2, 0.25) is 5.91 Å². The average molecular weight is 331 g/mol. The van der Waals surface area contributed by atoms with E-state index in [2.05, 4.69) is 17.1 Å². The molecule has 2 amide bonds. The van der Waals surface area contributed by atoms with E-state index in [1.54, 1.807) is 11.8 Å². The van der Waals surface area contributed by atoms with E-state index in [1.807, 2.05) is 6.92 Å². The lowest BCUT2D eigenvalue weighted by atomic mass is 9.91. The summed E-state index contributed by atoms with van der Waals surface area (Å²) in [6.45, 7) is 8.58. The van der Waals surface area contributed by atoms with Crippen molar-refractivity contribution in [2.45, 2.75) is 51.5 Å². The highest BCUT2D eigenvalue weighted by molar-refractivity contribution is 5.96.